The van der Waals surface area contributed by atoms with Crippen molar-refractivity contribution >= 4 is 19.7 Å². The largest absolute Gasteiger partial charge is 0.388 e. The van der Waals surface area contributed by atoms with Gasteiger partial charge >= 0.3 is 0 Å². The molecule has 0 aliphatic heterocycles. The van der Waals surface area contributed by atoms with Crippen molar-refractivity contribution in [3.05, 3.63) is 72.8 Å². The Hall–Kier alpha value is -1.96. The molecule has 7 heteroatoms. The lowest BCUT2D eigenvalue weighted by Crippen LogP contribution is -2.52. The predicted octanol–water partition coefficient (Wildman–Crippen LogP) is 2.63. The summed E-state index contributed by atoms with van der Waals surface area (Å²) < 4.78 is 53.3. The molecular formula is C20H22O5S2. The second-order valence-corrected chi connectivity index (χ2v) is 10.8. The zero-order valence-electron chi connectivity index (χ0n) is 14.8. The molecule has 0 radical (unpaired) electrons. The summed E-state index contributed by atoms with van der Waals surface area (Å²) in [7, 11) is -8.06. The third-order valence-corrected chi connectivity index (χ3v) is 9.65. The quantitative estimate of drug-likeness (QED) is 0.771. The first-order valence-electron chi connectivity index (χ1n) is 8.74. The van der Waals surface area contributed by atoms with E-state index in [4.69, 9.17) is 0 Å². The minimum Gasteiger partial charge on any atom is -0.388 e. The molecule has 0 fully saturated rings. The van der Waals surface area contributed by atoms with E-state index in [9.17, 15) is 21.9 Å². The molecule has 4 atom stereocenters. The van der Waals surface area contributed by atoms with E-state index in [1.807, 2.05) is 6.92 Å². The summed E-state index contributed by atoms with van der Waals surface area (Å²) in [6, 6.07) is 15.5. The number of aliphatic hydroxyl groups is 1. The lowest BCUT2D eigenvalue weighted by atomic mass is 9.91. The van der Waals surface area contributed by atoms with Gasteiger partial charge in [-0.1, -0.05) is 55.5 Å². The van der Waals surface area contributed by atoms with Gasteiger partial charge in [0, 0.05) is 0 Å². The monoisotopic (exact) mass is 406 g/mol. The summed E-state index contributed by atoms with van der Waals surface area (Å²) in [6.07, 6.45) is 2.06. The highest BCUT2D eigenvalue weighted by Crippen LogP contribution is 2.37. The van der Waals surface area contributed by atoms with Crippen LogP contribution in [0.4, 0.5) is 0 Å². The van der Waals surface area contributed by atoms with Crippen molar-refractivity contribution in [3.63, 3.8) is 0 Å². The van der Waals surface area contributed by atoms with Gasteiger partial charge in [0.2, 0.25) is 0 Å². The van der Waals surface area contributed by atoms with Crippen LogP contribution in [-0.4, -0.2) is 38.5 Å². The standard InChI is InChI=1S/C20H22O5S2/c1-2-15-13-14-18(21)20(27(24,25)17-11-7-4-8-12-17)19(15)26(22,23)16-9-5-3-6-10-16/h3-15,18-21H,2H2,1H3/t15-,18+,19+,20+/m0/s1. The van der Waals surface area contributed by atoms with Crippen molar-refractivity contribution < 1.29 is 21.9 Å². The third kappa shape index (κ3) is 3.59. The number of allylic oxidation sites excluding steroid dienone is 1. The second-order valence-electron chi connectivity index (χ2n) is 6.59. The Morgan fingerprint density at radius 1 is 0.741 bits per heavy atom. The van der Waals surface area contributed by atoms with Crippen LogP contribution in [0.3, 0.4) is 0 Å². The van der Waals surface area contributed by atoms with E-state index >= 15 is 0 Å². The molecule has 3 rings (SSSR count). The maximum atomic E-state index is 13.4. The molecule has 0 saturated heterocycles. The van der Waals surface area contributed by atoms with E-state index in [0.29, 0.717) is 6.42 Å². The van der Waals surface area contributed by atoms with E-state index in [1.54, 1.807) is 42.5 Å². The average Bonchev–Trinajstić information content (AvgIpc) is 2.69. The molecule has 2 aromatic rings. The van der Waals surface area contributed by atoms with Gasteiger partial charge in [-0.05, 0) is 36.6 Å². The van der Waals surface area contributed by atoms with Crippen LogP contribution in [0.2, 0.25) is 0 Å². The molecule has 0 aromatic heterocycles. The first-order valence-corrected chi connectivity index (χ1v) is 11.8. The van der Waals surface area contributed by atoms with Crippen LogP contribution in [0.15, 0.2) is 82.6 Å². The second kappa shape index (κ2) is 7.58. The molecule has 0 saturated carbocycles. The lowest BCUT2D eigenvalue weighted by molar-refractivity contribution is 0.197. The fourth-order valence-electron chi connectivity index (χ4n) is 3.58. The Labute approximate surface area is 160 Å². The topological polar surface area (TPSA) is 88.5 Å². The smallest absolute Gasteiger partial charge is 0.185 e. The Balaban J connectivity index is 2.20. The molecule has 1 aliphatic carbocycles. The van der Waals surface area contributed by atoms with Gasteiger partial charge in [0.05, 0.1) is 21.1 Å². The number of sulfone groups is 2. The number of aliphatic hydroxyl groups excluding tert-OH is 1. The van der Waals surface area contributed by atoms with Crippen molar-refractivity contribution in [1.82, 2.24) is 0 Å². The van der Waals surface area contributed by atoms with Crippen molar-refractivity contribution in [2.24, 2.45) is 5.92 Å². The molecule has 0 spiro atoms. The fraction of sp³-hybridized carbons (Fsp3) is 0.300. The molecule has 0 unspecified atom stereocenters. The van der Waals surface area contributed by atoms with Crippen molar-refractivity contribution in [2.75, 3.05) is 0 Å². The van der Waals surface area contributed by atoms with Gasteiger partial charge in [0.1, 0.15) is 5.25 Å². The molecule has 2 aromatic carbocycles. The minimum atomic E-state index is -4.07. The van der Waals surface area contributed by atoms with Crippen molar-refractivity contribution in [1.29, 1.82) is 0 Å². The molecule has 5 nitrogen and oxygen atoms in total. The maximum Gasteiger partial charge on any atom is 0.185 e. The van der Waals surface area contributed by atoms with Crippen molar-refractivity contribution in [3.8, 4) is 0 Å². The Kier molecular flexibility index (Phi) is 5.55. The highest BCUT2D eigenvalue weighted by molar-refractivity contribution is 7.96. The molecule has 27 heavy (non-hydrogen) atoms. The molecular weight excluding hydrogens is 384 g/mol. The summed E-state index contributed by atoms with van der Waals surface area (Å²) in [4.78, 5) is 0.0664. The number of hydrogen-bond acceptors (Lipinski definition) is 5. The average molecular weight is 407 g/mol. The lowest BCUT2D eigenvalue weighted by Gasteiger charge is -2.36. The van der Waals surface area contributed by atoms with Gasteiger partial charge in [0.15, 0.2) is 19.7 Å². The summed E-state index contributed by atoms with van der Waals surface area (Å²) in [5.74, 6) is -0.512. The first-order chi connectivity index (χ1) is 12.8. The SMILES string of the molecule is CC[C@H]1C=C[C@@H](O)[C@@H](S(=O)(=O)c2ccccc2)[C@@H]1S(=O)(=O)c1ccccc1. The Morgan fingerprint density at radius 2 is 1.19 bits per heavy atom. The highest BCUT2D eigenvalue weighted by atomic mass is 32.2. The minimum absolute atomic E-state index is 0.00691. The fourth-order valence-corrected chi connectivity index (χ4v) is 8.43. The van der Waals surface area contributed by atoms with Gasteiger partial charge in [-0.15, -0.1) is 0 Å². The van der Waals surface area contributed by atoms with Crippen LogP contribution >= 0.6 is 0 Å². The summed E-state index contributed by atoms with van der Waals surface area (Å²) in [6.45, 7) is 1.81. The van der Waals surface area contributed by atoms with Crippen LogP contribution in [0.5, 0.6) is 0 Å². The normalized spacial score (nSPS) is 26.0. The highest BCUT2D eigenvalue weighted by Gasteiger charge is 2.50. The van der Waals surface area contributed by atoms with Gasteiger partial charge < -0.3 is 5.11 Å². The third-order valence-electron chi connectivity index (χ3n) is 4.97. The van der Waals surface area contributed by atoms with Crippen LogP contribution in [-0.2, 0) is 19.7 Å². The van der Waals surface area contributed by atoms with Crippen LogP contribution in [0, 0.1) is 5.92 Å². The number of rotatable bonds is 5. The Bertz CT molecular complexity index is 1010. The molecule has 0 bridgehead atoms. The first kappa shape index (κ1) is 19.8. The molecule has 0 heterocycles. The summed E-state index contributed by atoms with van der Waals surface area (Å²) >= 11 is 0. The van der Waals surface area contributed by atoms with Gasteiger partial charge in [-0.2, -0.15) is 0 Å². The van der Waals surface area contributed by atoms with Crippen molar-refractivity contribution in [2.45, 2.75) is 39.7 Å². The molecule has 0 amide bonds. The molecule has 144 valence electrons. The number of benzene rings is 2. The zero-order chi connectivity index (χ0) is 19.7. The predicted molar refractivity (Wildman–Crippen MR) is 104 cm³/mol. The molecule has 1 aliphatic rings. The zero-order valence-corrected chi connectivity index (χ0v) is 16.5. The Morgan fingerprint density at radius 3 is 1.63 bits per heavy atom. The van der Waals surface area contributed by atoms with Gasteiger partial charge in [-0.25, -0.2) is 16.8 Å². The van der Waals surface area contributed by atoms with E-state index in [-0.39, 0.29) is 9.79 Å². The number of hydrogen-bond donors (Lipinski definition) is 1. The van der Waals surface area contributed by atoms with Crippen LogP contribution in [0.1, 0.15) is 13.3 Å². The van der Waals surface area contributed by atoms with Crippen LogP contribution < -0.4 is 0 Å². The van der Waals surface area contributed by atoms with E-state index in [1.165, 1.54) is 30.3 Å². The van der Waals surface area contributed by atoms with E-state index in [0.717, 1.165) is 0 Å². The van der Waals surface area contributed by atoms with Gasteiger partial charge in [0.25, 0.3) is 0 Å². The summed E-state index contributed by atoms with van der Waals surface area (Å²) in [5, 5.41) is 7.79. The van der Waals surface area contributed by atoms with E-state index in [2.05, 4.69) is 0 Å². The van der Waals surface area contributed by atoms with E-state index < -0.39 is 42.2 Å². The van der Waals surface area contributed by atoms with Gasteiger partial charge in [-0.3, -0.25) is 0 Å². The maximum absolute atomic E-state index is 13.4. The molecule has 1 N–H and O–H groups in total. The summed E-state index contributed by atoms with van der Waals surface area (Å²) in [5.41, 5.74) is 0. The van der Waals surface area contributed by atoms with Crippen LogP contribution in [0.25, 0.3) is 0 Å².